The molecule has 0 saturated heterocycles. The first-order valence-corrected chi connectivity index (χ1v) is 10.8. The molecule has 0 saturated carbocycles. The molecule has 0 amide bonds. The molecule has 0 rings (SSSR count). The molecular weight excluding hydrogens is 401 g/mol. The highest BCUT2D eigenvalue weighted by Crippen LogP contribution is 2.38. The topological polar surface area (TPSA) is 119 Å². The molecule has 29 heavy (non-hydrogen) atoms. The number of esters is 2. The fourth-order valence-corrected chi connectivity index (χ4v) is 2.38. The molecule has 0 aromatic rings. The summed E-state index contributed by atoms with van der Waals surface area (Å²) in [5.41, 5.74) is 0.746. The number of carbonyl (C=O) groups excluding carboxylic acids is 2. The Hall–Kier alpha value is -1.51. The van der Waals surface area contributed by atoms with E-state index in [4.69, 9.17) is 23.8 Å². The summed E-state index contributed by atoms with van der Waals surface area (Å²) < 4.78 is 25.7. The van der Waals surface area contributed by atoms with Gasteiger partial charge in [-0.2, -0.15) is 0 Å². The highest BCUT2D eigenvalue weighted by molar-refractivity contribution is 7.46. The van der Waals surface area contributed by atoms with Crippen molar-refractivity contribution in [2.24, 2.45) is 0 Å². The number of hydrogen-bond donors (Lipinski definition) is 2. The van der Waals surface area contributed by atoms with Crippen molar-refractivity contribution >= 4 is 19.8 Å². The van der Waals surface area contributed by atoms with Gasteiger partial charge in [0.25, 0.3) is 0 Å². The molecule has 0 fully saturated rings. The number of phosphoric ester groups is 1. The second kappa shape index (κ2) is 14.5. The van der Waals surface area contributed by atoms with Crippen molar-refractivity contribution in [1.82, 2.24) is 0 Å². The minimum Gasteiger partial charge on any atom is -0.462 e. The van der Waals surface area contributed by atoms with Crippen LogP contribution in [0.3, 0.4) is 0 Å². The molecule has 0 radical (unpaired) electrons. The van der Waals surface area contributed by atoms with Gasteiger partial charge in [0.15, 0.2) is 0 Å². The summed E-state index contributed by atoms with van der Waals surface area (Å²) >= 11 is 0. The third kappa shape index (κ3) is 21.0. The van der Waals surface area contributed by atoms with E-state index in [1.54, 1.807) is 6.92 Å². The largest absolute Gasteiger partial charge is 0.470 e. The molecule has 0 aliphatic rings. The molecule has 1 unspecified atom stereocenters. The molecule has 0 aliphatic heterocycles. The maximum atomic E-state index is 11.2. The zero-order valence-corrected chi connectivity index (χ0v) is 19.4. The molecular formula is C19H37NO8P+. The van der Waals surface area contributed by atoms with Crippen LogP contribution in [0.15, 0.2) is 24.3 Å². The van der Waals surface area contributed by atoms with Crippen LogP contribution in [-0.2, 0) is 28.2 Å². The third-order valence-electron chi connectivity index (χ3n) is 3.14. The monoisotopic (exact) mass is 438 g/mol. The SMILES string of the molecule is C=C(C)C(=O)OCCC(C[N+](C)(C)C)OP(=O)(O)O.C=C(C)C(=O)OCCCC. The number of unbranched alkanes of at least 4 members (excludes halogenated alkanes) is 1. The van der Waals surface area contributed by atoms with Crippen LogP contribution in [0.5, 0.6) is 0 Å². The lowest BCUT2D eigenvalue weighted by Crippen LogP contribution is -2.42. The van der Waals surface area contributed by atoms with Gasteiger partial charge in [-0.1, -0.05) is 26.5 Å². The Balaban J connectivity index is 0. The predicted octanol–water partition coefficient (Wildman–Crippen LogP) is 2.59. The van der Waals surface area contributed by atoms with Crippen LogP contribution >= 0.6 is 7.82 Å². The van der Waals surface area contributed by atoms with Crippen molar-refractivity contribution in [3.05, 3.63) is 24.3 Å². The third-order valence-corrected chi connectivity index (χ3v) is 3.71. The van der Waals surface area contributed by atoms with Gasteiger partial charge in [0, 0.05) is 17.6 Å². The number of nitrogens with zero attached hydrogens (tertiary/aromatic N) is 1. The Labute approximate surface area is 174 Å². The van der Waals surface area contributed by atoms with Crippen molar-refractivity contribution in [1.29, 1.82) is 0 Å². The molecule has 0 heterocycles. The lowest BCUT2D eigenvalue weighted by molar-refractivity contribution is -0.873. The number of likely N-dealkylation sites (N-methyl/N-ethyl adjacent to an activating group) is 1. The lowest BCUT2D eigenvalue weighted by atomic mass is 10.2. The quantitative estimate of drug-likeness (QED) is 0.157. The number of phosphoric acid groups is 1. The molecule has 0 bridgehead atoms. The van der Waals surface area contributed by atoms with Crippen LogP contribution in [0, 0.1) is 0 Å². The summed E-state index contributed by atoms with van der Waals surface area (Å²) in [6.45, 7) is 13.0. The van der Waals surface area contributed by atoms with Crippen LogP contribution in [-0.4, -0.2) is 73.2 Å². The van der Waals surface area contributed by atoms with Gasteiger partial charge in [-0.15, -0.1) is 0 Å². The van der Waals surface area contributed by atoms with E-state index in [-0.39, 0.29) is 24.6 Å². The smallest absolute Gasteiger partial charge is 0.462 e. The molecule has 0 aromatic heterocycles. The minimum atomic E-state index is -4.56. The molecule has 0 aromatic carbocycles. The second-order valence-electron chi connectivity index (χ2n) is 7.67. The Morgan fingerprint density at radius 2 is 1.45 bits per heavy atom. The average molecular weight is 438 g/mol. The van der Waals surface area contributed by atoms with E-state index >= 15 is 0 Å². The zero-order valence-electron chi connectivity index (χ0n) is 18.5. The molecule has 2 N–H and O–H groups in total. The number of ether oxygens (including phenoxy) is 2. The van der Waals surface area contributed by atoms with Gasteiger partial charge in [0.2, 0.25) is 0 Å². The lowest BCUT2D eigenvalue weighted by Gasteiger charge is -2.29. The van der Waals surface area contributed by atoms with Gasteiger partial charge in [-0.25, -0.2) is 14.2 Å². The van der Waals surface area contributed by atoms with E-state index in [1.807, 2.05) is 21.1 Å². The first-order valence-electron chi connectivity index (χ1n) is 9.28. The first-order chi connectivity index (χ1) is 13.1. The molecule has 170 valence electrons. The molecule has 0 aliphatic carbocycles. The van der Waals surface area contributed by atoms with Gasteiger partial charge in [-0.3, -0.25) is 4.52 Å². The van der Waals surface area contributed by atoms with Crippen LogP contribution in [0.25, 0.3) is 0 Å². The first kappa shape index (κ1) is 29.7. The Morgan fingerprint density at radius 1 is 1.00 bits per heavy atom. The van der Waals surface area contributed by atoms with Gasteiger partial charge in [0.05, 0.1) is 34.4 Å². The van der Waals surface area contributed by atoms with Gasteiger partial charge < -0.3 is 23.7 Å². The molecule has 10 heteroatoms. The Morgan fingerprint density at radius 3 is 1.79 bits per heavy atom. The van der Waals surface area contributed by atoms with Crippen LogP contribution in [0.4, 0.5) is 0 Å². The Bertz CT molecular complexity index is 592. The van der Waals surface area contributed by atoms with Crippen LogP contribution in [0.1, 0.15) is 40.0 Å². The van der Waals surface area contributed by atoms with E-state index in [1.165, 1.54) is 6.92 Å². The number of hydrogen-bond acceptors (Lipinski definition) is 6. The van der Waals surface area contributed by atoms with E-state index in [2.05, 4.69) is 20.1 Å². The van der Waals surface area contributed by atoms with Gasteiger partial charge in [0.1, 0.15) is 12.6 Å². The minimum absolute atomic E-state index is 0.0242. The summed E-state index contributed by atoms with van der Waals surface area (Å²) in [5, 5.41) is 0. The fourth-order valence-electron chi connectivity index (χ4n) is 1.82. The van der Waals surface area contributed by atoms with Crippen LogP contribution in [0.2, 0.25) is 0 Å². The van der Waals surface area contributed by atoms with E-state index < -0.39 is 19.9 Å². The Kier molecular flexibility index (Phi) is 14.8. The average Bonchev–Trinajstić information content (AvgIpc) is 2.52. The molecule has 9 nitrogen and oxygen atoms in total. The number of quaternary nitrogens is 1. The van der Waals surface area contributed by atoms with Crippen molar-refractivity contribution < 1.29 is 42.4 Å². The van der Waals surface area contributed by atoms with Crippen molar-refractivity contribution in [2.75, 3.05) is 40.9 Å². The highest BCUT2D eigenvalue weighted by Gasteiger charge is 2.27. The van der Waals surface area contributed by atoms with Gasteiger partial charge in [-0.05, 0) is 20.3 Å². The normalized spacial score (nSPS) is 12.3. The van der Waals surface area contributed by atoms with Gasteiger partial charge >= 0.3 is 19.8 Å². The summed E-state index contributed by atoms with van der Waals surface area (Å²) in [6, 6.07) is 0. The number of rotatable bonds is 12. The predicted molar refractivity (Wildman–Crippen MR) is 111 cm³/mol. The van der Waals surface area contributed by atoms with E-state index in [0.29, 0.717) is 23.2 Å². The van der Waals surface area contributed by atoms with E-state index in [9.17, 15) is 14.2 Å². The summed E-state index contributed by atoms with van der Waals surface area (Å²) in [4.78, 5) is 39.6. The van der Waals surface area contributed by atoms with E-state index in [0.717, 1.165) is 12.8 Å². The maximum Gasteiger partial charge on any atom is 0.470 e. The van der Waals surface area contributed by atoms with Crippen molar-refractivity contribution in [3.63, 3.8) is 0 Å². The summed E-state index contributed by atoms with van der Waals surface area (Å²) in [5.74, 6) is -0.811. The van der Waals surface area contributed by atoms with Crippen molar-refractivity contribution in [3.8, 4) is 0 Å². The standard InChI is InChI=1S/C11H22NO6P.C8H14O2/c1-9(2)11(13)17-7-6-10(8-12(3,4)5)18-19(14,15)16;1-4-5-6-10-8(9)7(2)3/h10H,1,6-8H2,2-5H3,(H-,14,15,16);2,4-6H2,1,3H3/p+1. The maximum absolute atomic E-state index is 11.2. The second-order valence-corrected chi connectivity index (χ2v) is 8.86. The molecule has 0 spiro atoms. The summed E-state index contributed by atoms with van der Waals surface area (Å²) in [7, 11) is 1.05. The van der Waals surface area contributed by atoms with Crippen LogP contribution < -0.4 is 0 Å². The zero-order chi connectivity index (χ0) is 23.3. The van der Waals surface area contributed by atoms with Crippen molar-refractivity contribution in [2.45, 2.75) is 46.1 Å². The number of carbonyl (C=O) groups is 2. The fraction of sp³-hybridized carbons (Fsp3) is 0.684. The highest BCUT2D eigenvalue weighted by atomic mass is 31.2. The summed E-state index contributed by atoms with van der Waals surface area (Å²) in [6.07, 6.45) is 1.49. The molecule has 1 atom stereocenters.